The lowest BCUT2D eigenvalue weighted by Crippen LogP contribution is -1.91. The zero-order chi connectivity index (χ0) is 8.43. The summed E-state index contributed by atoms with van der Waals surface area (Å²) in [7, 11) is 1.46. The average molecular weight is 378 g/mol. The van der Waals surface area contributed by atoms with Gasteiger partial charge in [-0.05, 0) is 57.3 Å². The Bertz CT molecular complexity index is 275. The minimum Gasteiger partial charge on any atom is -0.494 e. The Balaban J connectivity index is 3.24. The van der Waals surface area contributed by atoms with Gasteiger partial charge in [0.25, 0.3) is 0 Å². The molecular formula is C7H5FI2O. The van der Waals surface area contributed by atoms with E-state index < -0.39 is 0 Å². The second-order valence-electron chi connectivity index (χ2n) is 1.90. The molecule has 1 nitrogen and oxygen atoms in total. The van der Waals surface area contributed by atoms with Crippen molar-refractivity contribution < 1.29 is 9.13 Å². The van der Waals surface area contributed by atoms with E-state index in [1.807, 2.05) is 22.6 Å². The first-order chi connectivity index (χ1) is 5.15. The van der Waals surface area contributed by atoms with Crippen molar-refractivity contribution >= 4 is 45.2 Å². The van der Waals surface area contributed by atoms with Gasteiger partial charge in [0.2, 0.25) is 0 Å². The molecule has 4 heteroatoms. The van der Waals surface area contributed by atoms with E-state index in [0.29, 0.717) is 9.32 Å². The number of hydrogen-bond acceptors (Lipinski definition) is 1. The molecule has 1 rings (SSSR count). The highest BCUT2D eigenvalue weighted by atomic mass is 127. The number of ether oxygens (including phenoxy) is 1. The molecule has 0 atom stereocenters. The van der Waals surface area contributed by atoms with Gasteiger partial charge in [-0.1, -0.05) is 0 Å². The average Bonchev–Trinajstić information content (AvgIpc) is 1.96. The molecular weight excluding hydrogens is 373 g/mol. The topological polar surface area (TPSA) is 9.23 Å². The fourth-order valence-electron chi connectivity index (χ4n) is 0.681. The van der Waals surface area contributed by atoms with Crippen LogP contribution in [-0.2, 0) is 0 Å². The summed E-state index contributed by atoms with van der Waals surface area (Å²) in [6, 6.07) is 3.43. The quantitative estimate of drug-likeness (QED) is 0.540. The Morgan fingerprint density at radius 2 is 2.00 bits per heavy atom. The van der Waals surface area contributed by atoms with Gasteiger partial charge in [0, 0.05) is 3.57 Å². The van der Waals surface area contributed by atoms with E-state index in [1.54, 1.807) is 12.1 Å². The second kappa shape index (κ2) is 3.88. The Kier molecular flexibility index (Phi) is 3.35. The molecule has 0 aliphatic heterocycles. The van der Waals surface area contributed by atoms with Crippen molar-refractivity contribution in [2.24, 2.45) is 0 Å². The van der Waals surface area contributed by atoms with E-state index in [-0.39, 0.29) is 5.82 Å². The van der Waals surface area contributed by atoms with Crippen LogP contribution < -0.4 is 4.74 Å². The molecule has 0 radical (unpaired) electrons. The zero-order valence-corrected chi connectivity index (χ0v) is 10.0. The maximum Gasteiger partial charge on any atom is 0.178 e. The molecule has 0 saturated carbocycles. The summed E-state index contributed by atoms with van der Waals surface area (Å²) in [6.07, 6.45) is 0. The highest BCUT2D eigenvalue weighted by Gasteiger charge is 2.07. The number of hydrogen-bond donors (Lipinski definition) is 0. The van der Waals surface area contributed by atoms with Gasteiger partial charge in [-0.3, -0.25) is 0 Å². The van der Waals surface area contributed by atoms with Crippen LogP contribution in [0, 0.1) is 13.0 Å². The summed E-state index contributed by atoms with van der Waals surface area (Å²) in [5, 5.41) is 0. The molecule has 0 saturated heterocycles. The van der Waals surface area contributed by atoms with Crippen LogP contribution in [0.2, 0.25) is 0 Å². The molecule has 1 aromatic carbocycles. The van der Waals surface area contributed by atoms with Crippen molar-refractivity contribution in [2.45, 2.75) is 0 Å². The molecule has 0 amide bonds. The van der Waals surface area contributed by atoms with Crippen LogP contribution in [0.15, 0.2) is 12.1 Å². The Morgan fingerprint density at radius 3 is 2.55 bits per heavy atom. The predicted octanol–water partition coefficient (Wildman–Crippen LogP) is 3.04. The van der Waals surface area contributed by atoms with E-state index >= 15 is 0 Å². The van der Waals surface area contributed by atoms with Gasteiger partial charge in [0.15, 0.2) is 11.6 Å². The third-order valence-electron chi connectivity index (χ3n) is 1.18. The SMILES string of the molecule is COc1cc(I)cc(I)c1F. The van der Waals surface area contributed by atoms with Crippen molar-refractivity contribution in [1.82, 2.24) is 0 Å². The van der Waals surface area contributed by atoms with Crippen LogP contribution in [0.1, 0.15) is 0 Å². The van der Waals surface area contributed by atoms with E-state index in [0.717, 1.165) is 3.57 Å². The van der Waals surface area contributed by atoms with Crippen LogP contribution in [0.5, 0.6) is 5.75 Å². The maximum absolute atomic E-state index is 13.0. The lowest BCUT2D eigenvalue weighted by Gasteiger charge is -2.03. The number of halogens is 3. The van der Waals surface area contributed by atoms with Gasteiger partial charge in [-0.2, -0.15) is 0 Å². The summed E-state index contributed by atoms with van der Waals surface area (Å²) in [4.78, 5) is 0. The molecule has 0 aliphatic rings. The lowest BCUT2D eigenvalue weighted by molar-refractivity contribution is 0.384. The van der Waals surface area contributed by atoms with E-state index in [2.05, 4.69) is 22.6 Å². The minimum absolute atomic E-state index is 0.284. The van der Waals surface area contributed by atoms with Gasteiger partial charge >= 0.3 is 0 Å². The van der Waals surface area contributed by atoms with Gasteiger partial charge in [-0.25, -0.2) is 4.39 Å². The van der Waals surface area contributed by atoms with Crippen LogP contribution in [-0.4, -0.2) is 7.11 Å². The predicted molar refractivity (Wildman–Crippen MR) is 58.4 cm³/mol. The van der Waals surface area contributed by atoms with Crippen molar-refractivity contribution in [1.29, 1.82) is 0 Å². The second-order valence-corrected chi connectivity index (χ2v) is 4.31. The number of rotatable bonds is 1. The van der Waals surface area contributed by atoms with Crippen molar-refractivity contribution in [3.63, 3.8) is 0 Å². The van der Waals surface area contributed by atoms with Gasteiger partial charge in [0.05, 0.1) is 10.7 Å². The summed E-state index contributed by atoms with van der Waals surface area (Å²) >= 11 is 4.06. The maximum atomic E-state index is 13.0. The molecule has 0 N–H and O–H groups in total. The van der Waals surface area contributed by atoms with Gasteiger partial charge < -0.3 is 4.74 Å². The van der Waals surface area contributed by atoms with Crippen molar-refractivity contribution in [3.8, 4) is 5.75 Å². The summed E-state index contributed by atoms with van der Waals surface area (Å²) in [6.45, 7) is 0. The largest absolute Gasteiger partial charge is 0.494 e. The first kappa shape index (κ1) is 9.50. The molecule has 0 aromatic heterocycles. The third-order valence-corrected chi connectivity index (χ3v) is 2.59. The van der Waals surface area contributed by atoms with E-state index in [9.17, 15) is 4.39 Å². The molecule has 0 aliphatic carbocycles. The molecule has 60 valence electrons. The Labute approximate surface area is 91.6 Å². The lowest BCUT2D eigenvalue weighted by atomic mass is 10.3. The van der Waals surface area contributed by atoms with Crippen LogP contribution >= 0.6 is 45.2 Å². The van der Waals surface area contributed by atoms with Crippen molar-refractivity contribution in [2.75, 3.05) is 7.11 Å². The standard InChI is InChI=1S/C7H5FI2O/c1-11-6-3-4(9)2-5(10)7(6)8/h2-3H,1H3. The smallest absolute Gasteiger partial charge is 0.178 e. The summed E-state index contributed by atoms with van der Waals surface area (Å²) in [5.41, 5.74) is 0. The van der Waals surface area contributed by atoms with Crippen molar-refractivity contribution in [3.05, 3.63) is 25.1 Å². The van der Waals surface area contributed by atoms with Crippen LogP contribution in [0.4, 0.5) is 4.39 Å². The van der Waals surface area contributed by atoms with Crippen LogP contribution in [0.25, 0.3) is 0 Å². The fourth-order valence-corrected chi connectivity index (χ4v) is 2.47. The monoisotopic (exact) mass is 378 g/mol. The Hall–Kier alpha value is 0.410. The molecule has 1 aromatic rings. The normalized spacial score (nSPS) is 9.82. The number of benzene rings is 1. The summed E-state index contributed by atoms with van der Waals surface area (Å²) < 4.78 is 19.4. The fraction of sp³-hybridized carbons (Fsp3) is 0.143. The van der Waals surface area contributed by atoms with E-state index in [4.69, 9.17) is 4.74 Å². The third kappa shape index (κ3) is 2.17. The van der Waals surface area contributed by atoms with Crippen LogP contribution in [0.3, 0.4) is 0 Å². The highest BCUT2D eigenvalue weighted by Crippen LogP contribution is 2.24. The first-order valence-electron chi connectivity index (χ1n) is 2.83. The molecule has 0 unspecified atom stereocenters. The number of methoxy groups -OCH3 is 1. The molecule has 0 spiro atoms. The molecule has 11 heavy (non-hydrogen) atoms. The van der Waals surface area contributed by atoms with Gasteiger partial charge in [0.1, 0.15) is 0 Å². The van der Waals surface area contributed by atoms with Gasteiger partial charge in [-0.15, -0.1) is 0 Å². The zero-order valence-electron chi connectivity index (χ0n) is 5.70. The highest BCUT2D eigenvalue weighted by molar-refractivity contribution is 14.1. The molecule has 0 heterocycles. The summed E-state index contributed by atoms with van der Waals surface area (Å²) in [5.74, 6) is 0.0230. The Morgan fingerprint density at radius 1 is 1.36 bits per heavy atom. The molecule has 0 fully saturated rings. The van der Waals surface area contributed by atoms with E-state index in [1.165, 1.54) is 7.11 Å². The molecule has 0 bridgehead atoms. The first-order valence-corrected chi connectivity index (χ1v) is 4.99. The minimum atomic E-state index is -0.284.